The predicted molar refractivity (Wildman–Crippen MR) is 90.1 cm³/mol. The minimum Gasteiger partial charge on any atom is -0.359 e. The first-order chi connectivity index (χ1) is 10.7. The molecule has 0 amide bonds. The zero-order chi connectivity index (χ0) is 15.5. The van der Waals surface area contributed by atoms with E-state index in [4.69, 9.17) is 11.6 Å². The van der Waals surface area contributed by atoms with Crippen LogP contribution in [0.1, 0.15) is 24.8 Å². The van der Waals surface area contributed by atoms with Crippen LogP contribution in [-0.2, 0) is 0 Å². The largest absolute Gasteiger partial charge is 0.359 e. The molecule has 1 unspecified atom stereocenters. The van der Waals surface area contributed by atoms with Gasteiger partial charge < -0.3 is 5.32 Å². The number of halogens is 1. The van der Waals surface area contributed by atoms with Crippen LogP contribution in [0.5, 0.6) is 0 Å². The van der Waals surface area contributed by atoms with Crippen molar-refractivity contribution in [2.45, 2.75) is 19.3 Å². The number of nitrogens with one attached hydrogen (secondary N) is 1. The third kappa shape index (κ3) is 3.13. The molecule has 0 aliphatic heterocycles. The molecule has 1 atom stereocenters. The van der Waals surface area contributed by atoms with E-state index in [1.807, 2.05) is 24.3 Å². The lowest BCUT2D eigenvalue weighted by Gasteiger charge is -2.15. The summed E-state index contributed by atoms with van der Waals surface area (Å²) in [6.07, 6.45) is 2.50. The standard InChI is InChI=1S/C15H15ClN4OS/c1-2-10(11-3-5-12(16)6-4-11)9-18-14-19-20-13(21)7-8-17-15(20)22-14/h3-8,10H,2,9H2,1H3,(H,18,19). The Balaban J connectivity index is 1.75. The molecule has 0 saturated heterocycles. The number of nitrogens with zero attached hydrogens (tertiary/aromatic N) is 3. The molecule has 2 aromatic heterocycles. The molecule has 0 radical (unpaired) electrons. The summed E-state index contributed by atoms with van der Waals surface area (Å²) in [4.78, 5) is 16.4. The van der Waals surface area contributed by atoms with E-state index in [0.717, 1.165) is 18.0 Å². The van der Waals surface area contributed by atoms with Gasteiger partial charge in [-0.25, -0.2) is 4.98 Å². The highest BCUT2D eigenvalue weighted by Gasteiger charge is 2.11. The van der Waals surface area contributed by atoms with Gasteiger partial charge in [-0.1, -0.05) is 42.0 Å². The average molecular weight is 335 g/mol. The van der Waals surface area contributed by atoms with E-state index in [1.54, 1.807) is 0 Å². The number of hydrogen-bond donors (Lipinski definition) is 1. The van der Waals surface area contributed by atoms with Gasteiger partial charge >= 0.3 is 0 Å². The minimum atomic E-state index is -0.168. The van der Waals surface area contributed by atoms with Crippen molar-refractivity contribution in [3.63, 3.8) is 0 Å². The molecule has 0 saturated carbocycles. The maximum absolute atomic E-state index is 11.7. The minimum absolute atomic E-state index is 0.168. The number of rotatable bonds is 5. The van der Waals surface area contributed by atoms with E-state index < -0.39 is 0 Å². The van der Waals surface area contributed by atoms with Crippen LogP contribution in [0, 0.1) is 0 Å². The van der Waals surface area contributed by atoms with Crippen molar-refractivity contribution >= 4 is 33.0 Å². The van der Waals surface area contributed by atoms with Crippen LogP contribution < -0.4 is 10.9 Å². The molecular formula is C15H15ClN4OS. The van der Waals surface area contributed by atoms with Gasteiger partial charge in [0.05, 0.1) is 0 Å². The van der Waals surface area contributed by atoms with Crippen LogP contribution >= 0.6 is 22.9 Å². The summed E-state index contributed by atoms with van der Waals surface area (Å²) < 4.78 is 1.32. The molecule has 1 aromatic carbocycles. The molecule has 5 nitrogen and oxygen atoms in total. The summed E-state index contributed by atoms with van der Waals surface area (Å²) in [5.74, 6) is 0.356. The quantitative estimate of drug-likeness (QED) is 0.776. The van der Waals surface area contributed by atoms with Gasteiger partial charge in [-0.05, 0) is 24.1 Å². The topological polar surface area (TPSA) is 59.3 Å². The van der Waals surface area contributed by atoms with E-state index in [9.17, 15) is 4.79 Å². The zero-order valence-electron chi connectivity index (χ0n) is 12.0. The second-order valence-corrected chi connectivity index (χ2v) is 6.31. The summed E-state index contributed by atoms with van der Waals surface area (Å²) in [5, 5.41) is 8.99. The van der Waals surface area contributed by atoms with Gasteiger partial charge in [0.25, 0.3) is 5.56 Å². The summed E-state index contributed by atoms with van der Waals surface area (Å²) in [6.45, 7) is 2.89. The first kappa shape index (κ1) is 15.0. The molecule has 7 heteroatoms. The number of benzene rings is 1. The number of fused-ring (bicyclic) bond motifs is 1. The van der Waals surface area contributed by atoms with Crippen molar-refractivity contribution in [2.24, 2.45) is 0 Å². The summed E-state index contributed by atoms with van der Waals surface area (Å²) >= 11 is 7.30. The van der Waals surface area contributed by atoms with Crippen molar-refractivity contribution < 1.29 is 0 Å². The first-order valence-electron chi connectivity index (χ1n) is 7.01. The zero-order valence-corrected chi connectivity index (χ0v) is 13.6. The molecule has 0 spiro atoms. The monoisotopic (exact) mass is 334 g/mol. The van der Waals surface area contributed by atoms with Gasteiger partial charge in [0.15, 0.2) is 0 Å². The Kier molecular flexibility index (Phi) is 4.40. The summed E-state index contributed by atoms with van der Waals surface area (Å²) in [7, 11) is 0. The molecule has 0 aliphatic rings. The number of anilines is 1. The highest BCUT2D eigenvalue weighted by atomic mass is 35.5. The molecule has 0 fully saturated rings. The Labute approximate surface area is 136 Å². The molecular weight excluding hydrogens is 320 g/mol. The highest BCUT2D eigenvalue weighted by Crippen LogP contribution is 2.23. The normalized spacial score (nSPS) is 12.5. The number of hydrogen-bond acceptors (Lipinski definition) is 5. The second kappa shape index (κ2) is 6.46. The first-order valence-corrected chi connectivity index (χ1v) is 8.21. The predicted octanol–water partition coefficient (Wildman–Crippen LogP) is 3.41. The van der Waals surface area contributed by atoms with Gasteiger partial charge in [0, 0.05) is 29.7 Å². The Bertz CT molecular complexity index is 827. The van der Waals surface area contributed by atoms with Gasteiger partial charge in [0.2, 0.25) is 10.1 Å². The maximum Gasteiger partial charge on any atom is 0.275 e. The second-order valence-electron chi connectivity index (χ2n) is 4.92. The number of aromatic nitrogens is 3. The van der Waals surface area contributed by atoms with Gasteiger partial charge in [0.1, 0.15) is 0 Å². The Morgan fingerprint density at radius 1 is 1.32 bits per heavy atom. The van der Waals surface area contributed by atoms with E-state index in [-0.39, 0.29) is 5.56 Å². The smallest absolute Gasteiger partial charge is 0.275 e. The fraction of sp³-hybridized carbons (Fsp3) is 0.267. The molecule has 3 rings (SSSR count). The van der Waals surface area contributed by atoms with Crippen molar-refractivity contribution in [3.05, 3.63) is 57.5 Å². The van der Waals surface area contributed by atoms with Gasteiger partial charge in [-0.3, -0.25) is 4.79 Å². The van der Waals surface area contributed by atoms with Crippen LogP contribution in [-0.4, -0.2) is 21.1 Å². The van der Waals surface area contributed by atoms with Crippen LogP contribution in [0.2, 0.25) is 5.02 Å². The summed E-state index contributed by atoms with van der Waals surface area (Å²) in [5.41, 5.74) is 1.06. The van der Waals surface area contributed by atoms with Crippen LogP contribution in [0.4, 0.5) is 5.13 Å². The molecule has 22 heavy (non-hydrogen) atoms. The van der Waals surface area contributed by atoms with Crippen molar-refractivity contribution in [1.82, 2.24) is 14.6 Å². The Morgan fingerprint density at radius 2 is 2.09 bits per heavy atom. The lowest BCUT2D eigenvalue weighted by Crippen LogP contribution is -2.14. The van der Waals surface area contributed by atoms with Crippen LogP contribution in [0.3, 0.4) is 0 Å². The van der Waals surface area contributed by atoms with Gasteiger partial charge in [-0.15, -0.1) is 5.10 Å². The van der Waals surface area contributed by atoms with Crippen molar-refractivity contribution in [1.29, 1.82) is 0 Å². The molecule has 0 aliphatic carbocycles. The molecule has 0 bridgehead atoms. The van der Waals surface area contributed by atoms with Gasteiger partial charge in [-0.2, -0.15) is 4.52 Å². The molecule has 1 N–H and O–H groups in total. The molecule has 2 heterocycles. The molecule has 114 valence electrons. The average Bonchev–Trinajstić information content (AvgIpc) is 2.94. The SMILES string of the molecule is CCC(CNc1nn2c(=O)ccnc2s1)c1ccc(Cl)cc1. The van der Waals surface area contributed by atoms with Crippen LogP contribution in [0.15, 0.2) is 41.3 Å². The maximum atomic E-state index is 11.7. The van der Waals surface area contributed by atoms with E-state index in [0.29, 0.717) is 16.0 Å². The summed E-state index contributed by atoms with van der Waals surface area (Å²) in [6, 6.07) is 9.30. The van der Waals surface area contributed by atoms with E-state index in [1.165, 1.54) is 33.7 Å². The van der Waals surface area contributed by atoms with Crippen molar-refractivity contribution in [2.75, 3.05) is 11.9 Å². The lowest BCUT2D eigenvalue weighted by atomic mass is 9.97. The van der Waals surface area contributed by atoms with E-state index in [2.05, 4.69) is 22.3 Å². The third-order valence-electron chi connectivity index (χ3n) is 3.50. The highest BCUT2D eigenvalue weighted by molar-refractivity contribution is 7.20. The van der Waals surface area contributed by atoms with Crippen molar-refractivity contribution in [3.8, 4) is 0 Å². The van der Waals surface area contributed by atoms with E-state index >= 15 is 0 Å². The fourth-order valence-corrected chi connectivity index (χ4v) is 3.17. The Morgan fingerprint density at radius 3 is 2.77 bits per heavy atom. The molecule has 3 aromatic rings. The van der Waals surface area contributed by atoms with Crippen LogP contribution in [0.25, 0.3) is 4.96 Å². The Hall–Kier alpha value is -1.92. The fourth-order valence-electron chi connectivity index (χ4n) is 2.26. The lowest BCUT2D eigenvalue weighted by molar-refractivity contribution is 0.693. The third-order valence-corrected chi connectivity index (χ3v) is 4.64.